The molecule has 0 amide bonds. The van der Waals surface area contributed by atoms with Crippen molar-refractivity contribution in [3.63, 3.8) is 0 Å². The number of benzene rings is 1. The lowest BCUT2D eigenvalue weighted by atomic mass is 9.79. The normalized spacial score (nSPS) is 18.3. The van der Waals surface area contributed by atoms with Gasteiger partial charge in [0.2, 0.25) is 0 Å². The van der Waals surface area contributed by atoms with E-state index < -0.39 is 34.4 Å². The van der Waals surface area contributed by atoms with Gasteiger partial charge in [-0.3, -0.25) is 4.79 Å². The molecule has 1 aliphatic carbocycles. The summed E-state index contributed by atoms with van der Waals surface area (Å²) in [6.45, 7) is 0. The van der Waals surface area contributed by atoms with Crippen molar-refractivity contribution < 1.29 is 22.7 Å². The third kappa shape index (κ3) is 2.39. The monoisotopic (exact) mass is 272 g/mol. The minimum atomic E-state index is -1.62. The summed E-state index contributed by atoms with van der Waals surface area (Å²) in [7, 11) is 1.39. The molecule has 1 fully saturated rings. The number of hydrogen-bond acceptors (Lipinski definition) is 2. The smallest absolute Gasteiger partial charge is 0.197 e. The van der Waals surface area contributed by atoms with Crippen molar-refractivity contribution in [3.05, 3.63) is 35.1 Å². The first-order chi connectivity index (χ1) is 9.02. The summed E-state index contributed by atoms with van der Waals surface area (Å²) < 4.78 is 45.1. The van der Waals surface area contributed by atoms with Crippen LogP contribution in [0.3, 0.4) is 0 Å². The molecule has 5 heteroatoms. The zero-order chi connectivity index (χ0) is 14.0. The fraction of sp³-hybridized carbons (Fsp3) is 0.500. The number of carbonyl (C=O) groups is 1. The molecule has 0 atom stereocenters. The predicted molar refractivity (Wildman–Crippen MR) is 63.5 cm³/mol. The average Bonchev–Trinajstić information content (AvgIpc) is 2.45. The third-order valence-corrected chi connectivity index (χ3v) is 3.75. The zero-order valence-electron chi connectivity index (χ0n) is 10.6. The molecule has 0 spiro atoms. The number of rotatable bonds is 3. The van der Waals surface area contributed by atoms with Gasteiger partial charge < -0.3 is 4.74 Å². The molecule has 2 nitrogen and oxygen atoms in total. The summed E-state index contributed by atoms with van der Waals surface area (Å²) in [6.07, 6.45) is 3.52. The first kappa shape index (κ1) is 14.1. The quantitative estimate of drug-likeness (QED) is 0.620. The van der Waals surface area contributed by atoms with E-state index in [9.17, 15) is 18.0 Å². The van der Waals surface area contributed by atoms with Gasteiger partial charge in [0, 0.05) is 7.11 Å². The van der Waals surface area contributed by atoms with Gasteiger partial charge in [-0.05, 0) is 25.0 Å². The summed E-state index contributed by atoms with van der Waals surface area (Å²) in [4.78, 5) is 12.4. The van der Waals surface area contributed by atoms with Crippen molar-refractivity contribution in [2.45, 2.75) is 37.7 Å². The van der Waals surface area contributed by atoms with Gasteiger partial charge in [0.25, 0.3) is 0 Å². The molecule has 104 valence electrons. The van der Waals surface area contributed by atoms with Gasteiger partial charge in [0.05, 0.1) is 5.56 Å². The second-order valence-corrected chi connectivity index (χ2v) is 4.81. The van der Waals surface area contributed by atoms with Gasteiger partial charge in [-0.25, -0.2) is 13.2 Å². The summed E-state index contributed by atoms with van der Waals surface area (Å²) >= 11 is 0. The minimum Gasteiger partial charge on any atom is -0.370 e. The number of ether oxygens (including phenoxy) is 1. The van der Waals surface area contributed by atoms with Crippen LogP contribution in [0.15, 0.2) is 12.1 Å². The molecule has 1 aromatic rings. The lowest BCUT2D eigenvalue weighted by molar-refractivity contribution is -0.0197. The second kappa shape index (κ2) is 5.33. The Morgan fingerprint density at radius 1 is 1.11 bits per heavy atom. The van der Waals surface area contributed by atoms with E-state index in [4.69, 9.17) is 4.74 Å². The van der Waals surface area contributed by atoms with Crippen LogP contribution < -0.4 is 0 Å². The van der Waals surface area contributed by atoms with E-state index in [-0.39, 0.29) is 0 Å². The van der Waals surface area contributed by atoms with Crippen LogP contribution in [0.2, 0.25) is 0 Å². The van der Waals surface area contributed by atoms with Crippen LogP contribution in [0.5, 0.6) is 0 Å². The van der Waals surface area contributed by atoms with Crippen molar-refractivity contribution >= 4 is 5.78 Å². The SMILES string of the molecule is COC1(C(=O)c2ccc(F)c(F)c2F)CCCCC1. The fourth-order valence-electron chi connectivity index (χ4n) is 2.59. The molecule has 0 N–H and O–H groups in total. The van der Waals surface area contributed by atoms with Gasteiger partial charge in [0.15, 0.2) is 23.2 Å². The number of halogens is 3. The van der Waals surface area contributed by atoms with Crippen LogP contribution in [0, 0.1) is 17.5 Å². The lowest BCUT2D eigenvalue weighted by Gasteiger charge is -2.34. The molecule has 0 bridgehead atoms. The van der Waals surface area contributed by atoms with Gasteiger partial charge in [-0.2, -0.15) is 0 Å². The number of carbonyl (C=O) groups excluding carboxylic acids is 1. The first-order valence-corrected chi connectivity index (χ1v) is 6.25. The van der Waals surface area contributed by atoms with Crippen LogP contribution in [-0.4, -0.2) is 18.5 Å². The van der Waals surface area contributed by atoms with Crippen molar-refractivity contribution in [2.24, 2.45) is 0 Å². The van der Waals surface area contributed by atoms with E-state index in [0.717, 1.165) is 31.4 Å². The highest BCUT2D eigenvalue weighted by molar-refractivity contribution is 6.02. The van der Waals surface area contributed by atoms with E-state index in [1.165, 1.54) is 7.11 Å². The second-order valence-electron chi connectivity index (χ2n) is 4.81. The van der Waals surface area contributed by atoms with E-state index in [1.54, 1.807) is 0 Å². The Bertz CT molecular complexity index is 494. The van der Waals surface area contributed by atoms with Gasteiger partial charge in [-0.1, -0.05) is 19.3 Å². The zero-order valence-corrected chi connectivity index (χ0v) is 10.6. The van der Waals surface area contributed by atoms with Crippen LogP contribution in [-0.2, 0) is 4.74 Å². The van der Waals surface area contributed by atoms with Gasteiger partial charge in [-0.15, -0.1) is 0 Å². The third-order valence-electron chi connectivity index (χ3n) is 3.75. The van der Waals surface area contributed by atoms with E-state index >= 15 is 0 Å². The predicted octanol–water partition coefficient (Wildman–Crippen LogP) is 3.64. The highest BCUT2D eigenvalue weighted by atomic mass is 19.2. The van der Waals surface area contributed by atoms with Crippen molar-refractivity contribution in [1.29, 1.82) is 0 Å². The Morgan fingerprint density at radius 2 is 1.74 bits per heavy atom. The average molecular weight is 272 g/mol. The molecule has 0 radical (unpaired) electrons. The molecular formula is C14H15F3O2. The molecular weight excluding hydrogens is 257 g/mol. The highest BCUT2D eigenvalue weighted by Gasteiger charge is 2.41. The van der Waals surface area contributed by atoms with Gasteiger partial charge >= 0.3 is 0 Å². The van der Waals surface area contributed by atoms with Crippen LogP contribution in [0.4, 0.5) is 13.2 Å². The maximum Gasteiger partial charge on any atom is 0.197 e. The molecule has 0 unspecified atom stereocenters. The van der Waals surface area contributed by atoms with E-state index in [1.807, 2.05) is 0 Å². The van der Waals surface area contributed by atoms with Crippen LogP contribution >= 0.6 is 0 Å². The Morgan fingerprint density at radius 3 is 2.32 bits per heavy atom. The number of methoxy groups -OCH3 is 1. The Kier molecular flexibility index (Phi) is 3.94. The number of ketones is 1. The Balaban J connectivity index is 2.40. The largest absolute Gasteiger partial charge is 0.370 e. The Hall–Kier alpha value is -1.36. The fourth-order valence-corrected chi connectivity index (χ4v) is 2.59. The van der Waals surface area contributed by atoms with Gasteiger partial charge in [0.1, 0.15) is 5.60 Å². The first-order valence-electron chi connectivity index (χ1n) is 6.25. The summed E-state index contributed by atoms with van der Waals surface area (Å²) in [6, 6.07) is 1.74. The van der Waals surface area contributed by atoms with Crippen molar-refractivity contribution in [3.8, 4) is 0 Å². The molecule has 0 aliphatic heterocycles. The molecule has 19 heavy (non-hydrogen) atoms. The molecule has 1 aliphatic rings. The van der Waals surface area contributed by atoms with E-state index in [2.05, 4.69) is 0 Å². The summed E-state index contributed by atoms with van der Waals surface area (Å²) in [5.41, 5.74) is -1.55. The maximum absolute atomic E-state index is 13.7. The number of Topliss-reactive ketones (excluding diaryl/α,β-unsaturated/α-hetero) is 1. The summed E-state index contributed by atoms with van der Waals surface area (Å²) in [5.74, 6) is -4.96. The van der Waals surface area contributed by atoms with E-state index in [0.29, 0.717) is 12.8 Å². The maximum atomic E-state index is 13.7. The van der Waals surface area contributed by atoms with Crippen LogP contribution in [0.1, 0.15) is 42.5 Å². The van der Waals surface area contributed by atoms with Crippen molar-refractivity contribution in [2.75, 3.05) is 7.11 Å². The van der Waals surface area contributed by atoms with Crippen molar-refractivity contribution in [1.82, 2.24) is 0 Å². The molecule has 0 saturated heterocycles. The topological polar surface area (TPSA) is 26.3 Å². The molecule has 0 aromatic heterocycles. The molecule has 1 aromatic carbocycles. The minimum absolute atomic E-state index is 0.442. The lowest BCUT2D eigenvalue weighted by Crippen LogP contribution is -2.43. The molecule has 2 rings (SSSR count). The standard InChI is InChI=1S/C14H15F3O2/c1-19-14(7-3-2-4-8-14)13(18)9-5-6-10(15)12(17)11(9)16/h5-6H,2-4,7-8H2,1H3. The number of hydrogen-bond donors (Lipinski definition) is 0. The summed E-state index contributed by atoms with van der Waals surface area (Å²) in [5, 5.41) is 0. The highest BCUT2D eigenvalue weighted by Crippen LogP contribution is 2.35. The molecule has 1 saturated carbocycles. The molecule has 0 heterocycles. The van der Waals surface area contributed by atoms with Crippen LogP contribution in [0.25, 0.3) is 0 Å². The Labute approximate surface area is 109 Å².